The maximum atomic E-state index is 2.34. The van der Waals surface area contributed by atoms with Crippen molar-refractivity contribution in [3.8, 4) is 11.1 Å². The van der Waals surface area contributed by atoms with Crippen LogP contribution in [0.3, 0.4) is 0 Å². The van der Waals surface area contributed by atoms with E-state index in [0.29, 0.717) is 0 Å². The molecule has 0 radical (unpaired) electrons. The van der Waals surface area contributed by atoms with Gasteiger partial charge in [0.2, 0.25) is 0 Å². The Bertz CT molecular complexity index is 962. The second-order valence-corrected chi connectivity index (χ2v) is 7.31. The molecule has 0 bridgehead atoms. The molecule has 0 heterocycles. The summed E-state index contributed by atoms with van der Waals surface area (Å²) in [5.74, 6) is 0. The predicted octanol–water partition coefficient (Wildman–Crippen LogP) is 7.43. The van der Waals surface area contributed by atoms with E-state index < -0.39 is 0 Å². The molecule has 26 heavy (non-hydrogen) atoms. The van der Waals surface area contributed by atoms with Gasteiger partial charge in [0.1, 0.15) is 0 Å². The smallest absolute Gasteiger partial charge is 0.0462 e. The van der Waals surface area contributed by atoms with Gasteiger partial charge in [-0.15, -0.1) is 0 Å². The van der Waals surface area contributed by atoms with Gasteiger partial charge in [-0.05, 0) is 82.2 Å². The molecule has 0 aliphatic carbocycles. The largest absolute Gasteiger partial charge is 0.311 e. The molecule has 1 nitrogen and oxygen atoms in total. The highest BCUT2D eigenvalue weighted by Gasteiger charge is 2.12. The van der Waals surface area contributed by atoms with Gasteiger partial charge in [0, 0.05) is 20.6 Å². The molecule has 0 spiro atoms. The molecule has 2 heteroatoms. The van der Waals surface area contributed by atoms with Crippen LogP contribution in [0, 0.1) is 3.57 Å². The summed E-state index contributed by atoms with van der Waals surface area (Å²) in [5.41, 5.74) is 5.92. The zero-order chi connectivity index (χ0) is 17.8. The molecule has 0 amide bonds. The van der Waals surface area contributed by atoms with Crippen LogP contribution in [0.5, 0.6) is 0 Å². The normalized spacial score (nSPS) is 10.5. The first-order chi connectivity index (χ1) is 12.8. The lowest BCUT2D eigenvalue weighted by Crippen LogP contribution is -2.09. The van der Waals surface area contributed by atoms with E-state index in [-0.39, 0.29) is 0 Å². The van der Waals surface area contributed by atoms with E-state index in [0.717, 1.165) is 17.1 Å². The SMILES string of the molecule is Ic1ccc(N(c2ccccc2)c2ccc(-c3ccccc3)cc2)cc1. The molecular weight excluding hydrogens is 429 g/mol. The molecule has 0 N–H and O–H groups in total. The van der Waals surface area contributed by atoms with Crippen molar-refractivity contribution in [2.45, 2.75) is 0 Å². The highest BCUT2D eigenvalue weighted by atomic mass is 127. The Hall–Kier alpha value is -2.59. The standard InChI is InChI=1S/C24H18IN/c25-21-13-17-24(18-14-21)26(22-9-5-2-6-10-22)23-15-11-20(12-16-23)19-7-3-1-4-8-19/h1-18H. The molecule has 126 valence electrons. The maximum Gasteiger partial charge on any atom is 0.0462 e. The van der Waals surface area contributed by atoms with Gasteiger partial charge in [-0.3, -0.25) is 0 Å². The maximum absolute atomic E-state index is 2.34. The van der Waals surface area contributed by atoms with Crippen molar-refractivity contribution in [1.82, 2.24) is 0 Å². The molecule has 0 aliphatic rings. The van der Waals surface area contributed by atoms with Crippen molar-refractivity contribution in [1.29, 1.82) is 0 Å². The van der Waals surface area contributed by atoms with Crippen molar-refractivity contribution in [3.05, 3.63) is 113 Å². The van der Waals surface area contributed by atoms with Gasteiger partial charge in [0.25, 0.3) is 0 Å². The fraction of sp³-hybridized carbons (Fsp3) is 0. The molecule has 4 aromatic carbocycles. The van der Waals surface area contributed by atoms with Gasteiger partial charge in [-0.1, -0.05) is 60.7 Å². The number of para-hydroxylation sites is 1. The van der Waals surface area contributed by atoms with Crippen molar-refractivity contribution < 1.29 is 0 Å². The van der Waals surface area contributed by atoms with Crippen molar-refractivity contribution >= 4 is 39.7 Å². The van der Waals surface area contributed by atoms with Crippen molar-refractivity contribution in [2.24, 2.45) is 0 Å². The summed E-state index contributed by atoms with van der Waals surface area (Å²) in [6.07, 6.45) is 0. The number of nitrogens with zero attached hydrogens (tertiary/aromatic N) is 1. The third kappa shape index (κ3) is 3.65. The first-order valence-electron chi connectivity index (χ1n) is 8.57. The Labute approximate surface area is 168 Å². The Morgan fingerprint density at radius 2 is 0.846 bits per heavy atom. The zero-order valence-electron chi connectivity index (χ0n) is 14.2. The summed E-state index contributed by atoms with van der Waals surface area (Å²) < 4.78 is 1.23. The molecular formula is C24H18IN. The van der Waals surface area contributed by atoms with Gasteiger partial charge in [0.15, 0.2) is 0 Å². The topological polar surface area (TPSA) is 3.24 Å². The second kappa shape index (κ2) is 7.75. The lowest BCUT2D eigenvalue weighted by molar-refractivity contribution is 1.28. The van der Waals surface area contributed by atoms with E-state index in [4.69, 9.17) is 0 Å². The van der Waals surface area contributed by atoms with Gasteiger partial charge in [-0.25, -0.2) is 0 Å². The number of hydrogen-bond acceptors (Lipinski definition) is 1. The van der Waals surface area contributed by atoms with E-state index in [1.165, 1.54) is 14.7 Å². The summed E-state index contributed by atoms with van der Waals surface area (Å²) in [4.78, 5) is 2.28. The average Bonchev–Trinajstić information content (AvgIpc) is 2.72. The highest BCUT2D eigenvalue weighted by molar-refractivity contribution is 14.1. The molecule has 0 aromatic heterocycles. The number of rotatable bonds is 4. The predicted molar refractivity (Wildman–Crippen MR) is 119 cm³/mol. The van der Waals surface area contributed by atoms with Crippen LogP contribution in [0.1, 0.15) is 0 Å². The lowest BCUT2D eigenvalue weighted by atomic mass is 10.0. The number of halogens is 1. The zero-order valence-corrected chi connectivity index (χ0v) is 16.4. The number of benzene rings is 4. The van der Waals surface area contributed by atoms with Crippen LogP contribution in [0.25, 0.3) is 11.1 Å². The molecule has 0 atom stereocenters. The summed E-state index contributed by atoms with van der Waals surface area (Å²) in [7, 11) is 0. The monoisotopic (exact) mass is 447 g/mol. The summed E-state index contributed by atoms with van der Waals surface area (Å²) >= 11 is 2.34. The van der Waals surface area contributed by atoms with Crippen molar-refractivity contribution in [2.75, 3.05) is 4.90 Å². The van der Waals surface area contributed by atoms with E-state index in [9.17, 15) is 0 Å². The fourth-order valence-corrected chi connectivity index (χ4v) is 3.41. The van der Waals surface area contributed by atoms with Crippen molar-refractivity contribution in [3.63, 3.8) is 0 Å². The van der Waals surface area contributed by atoms with Crippen LogP contribution in [-0.4, -0.2) is 0 Å². The Morgan fingerprint density at radius 3 is 1.42 bits per heavy atom. The number of hydrogen-bond donors (Lipinski definition) is 0. The third-order valence-corrected chi connectivity index (χ3v) is 5.05. The Morgan fingerprint density at radius 1 is 0.423 bits per heavy atom. The Kier molecular flexibility index (Phi) is 5.02. The van der Waals surface area contributed by atoms with E-state index in [1.54, 1.807) is 0 Å². The van der Waals surface area contributed by atoms with E-state index >= 15 is 0 Å². The van der Waals surface area contributed by atoms with E-state index in [1.807, 2.05) is 12.1 Å². The molecule has 0 saturated heterocycles. The summed E-state index contributed by atoms with van der Waals surface area (Å²) in [6, 6.07) is 38.3. The third-order valence-electron chi connectivity index (χ3n) is 4.33. The minimum atomic E-state index is 1.15. The van der Waals surface area contributed by atoms with Crippen LogP contribution in [0.2, 0.25) is 0 Å². The van der Waals surface area contributed by atoms with Crippen LogP contribution in [-0.2, 0) is 0 Å². The van der Waals surface area contributed by atoms with E-state index in [2.05, 4.69) is 125 Å². The van der Waals surface area contributed by atoms with Gasteiger partial charge in [-0.2, -0.15) is 0 Å². The van der Waals surface area contributed by atoms with Crippen LogP contribution in [0.15, 0.2) is 109 Å². The van der Waals surface area contributed by atoms with Crippen LogP contribution < -0.4 is 4.90 Å². The second-order valence-electron chi connectivity index (χ2n) is 6.06. The fourth-order valence-electron chi connectivity index (χ4n) is 3.05. The molecule has 0 saturated carbocycles. The average molecular weight is 447 g/mol. The molecule has 4 aromatic rings. The first kappa shape index (κ1) is 16.9. The molecule has 0 unspecified atom stereocenters. The summed E-state index contributed by atoms with van der Waals surface area (Å²) in [5, 5.41) is 0. The molecule has 0 fully saturated rings. The highest BCUT2D eigenvalue weighted by Crippen LogP contribution is 2.35. The first-order valence-corrected chi connectivity index (χ1v) is 9.65. The summed E-state index contributed by atoms with van der Waals surface area (Å²) in [6.45, 7) is 0. The van der Waals surface area contributed by atoms with Gasteiger partial charge in [0.05, 0.1) is 0 Å². The molecule has 4 rings (SSSR count). The Balaban J connectivity index is 1.76. The minimum Gasteiger partial charge on any atom is -0.311 e. The number of anilines is 3. The van der Waals surface area contributed by atoms with Gasteiger partial charge >= 0.3 is 0 Å². The quantitative estimate of drug-likeness (QED) is 0.294. The lowest BCUT2D eigenvalue weighted by Gasteiger charge is -2.25. The molecule has 0 aliphatic heterocycles. The van der Waals surface area contributed by atoms with Crippen LogP contribution >= 0.6 is 22.6 Å². The van der Waals surface area contributed by atoms with Gasteiger partial charge < -0.3 is 4.90 Å². The van der Waals surface area contributed by atoms with Crippen LogP contribution in [0.4, 0.5) is 17.1 Å². The minimum absolute atomic E-state index is 1.15.